The van der Waals surface area contributed by atoms with Crippen LogP contribution in [-0.4, -0.2) is 38.9 Å². The molecule has 1 aromatic carbocycles. The lowest BCUT2D eigenvalue weighted by atomic mass is 10.2. The molecular formula is C21H24N2O5S. The smallest absolute Gasteiger partial charge is 0.287 e. The molecule has 3 aromatic rings. The van der Waals surface area contributed by atoms with E-state index < -0.39 is 15.7 Å². The molecule has 1 unspecified atom stereocenters. The van der Waals surface area contributed by atoms with Crippen molar-refractivity contribution in [2.75, 3.05) is 19.6 Å². The van der Waals surface area contributed by atoms with Crippen molar-refractivity contribution in [2.45, 2.75) is 29.9 Å². The standard InChI is InChI=1S/C21H24N2O5S/c1-3-23(4-2)17(18-11-8-14-27-18)15-22-21(24)19-12-13-20(28-19)29(25,26)16-9-6-5-7-10-16/h5-14,17H,3-4,15H2,1-2H3,(H,22,24). The van der Waals surface area contributed by atoms with Gasteiger partial charge in [0.25, 0.3) is 5.91 Å². The van der Waals surface area contributed by atoms with Crippen LogP contribution in [0.25, 0.3) is 0 Å². The van der Waals surface area contributed by atoms with E-state index in [0.29, 0.717) is 6.54 Å². The molecule has 2 aromatic heterocycles. The Morgan fingerprint density at radius 1 is 1.03 bits per heavy atom. The minimum Gasteiger partial charge on any atom is -0.468 e. The van der Waals surface area contributed by atoms with Crippen molar-refractivity contribution < 1.29 is 22.0 Å². The molecule has 154 valence electrons. The Hall–Kier alpha value is -2.84. The lowest BCUT2D eigenvalue weighted by Crippen LogP contribution is -2.37. The van der Waals surface area contributed by atoms with E-state index in [-0.39, 0.29) is 21.8 Å². The van der Waals surface area contributed by atoms with Crippen LogP contribution in [0.3, 0.4) is 0 Å². The average molecular weight is 416 g/mol. The molecule has 0 saturated heterocycles. The molecule has 0 bridgehead atoms. The van der Waals surface area contributed by atoms with Gasteiger partial charge in [0.1, 0.15) is 5.76 Å². The van der Waals surface area contributed by atoms with E-state index in [0.717, 1.165) is 18.8 Å². The summed E-state index contributed by atoms with van der Waals surface area (Å²) >= 11 is 0. The Balaban J connectivity index is 1.73. The van der Waals surface area contributed by atoms with Crippen LogP contribution in [0.1, 0.15) is 36.2 Å². The van der Waals surface area contributed by atoms with Gasteiger partial charge in [-0.25, -0.2) is 8.42 Å². The fourth-order valence-electron chi connectivity index (χ4n) is 3.13. The van der Waals surface area contributed by atoms with Gasteiger partial charge < -0.3 is 14.2 Å². The van der Waals surface area contributed by atoms with Gasteiger partial charge in [0.2, 0.25) is 14.9 Å². The van der Waals surface area contributed by atoms with Gasteiger partial charge in [-0.1, -0.05) is 32.0 Å². The van der Waals surface area contributed by atoms with Gasteiger partial charge in [-0.2, -0.15) is 0 Å². The van der Waals surface area contributed by atoms with Crippen molar-refractivity contribution in [3.05, 3.63) is 72.4 Å². The van der Waals surface area contributed by atoms with Gasteiger partial charge >= 0.3 is 0 Å². The number of amides is 1. The molecule has 29 heavy (non-hydrogen) atoms. The Labute approximate surface area is 170 Å². The number of nitrogens with one attached hydrogen (secondary N) is 1. The van der Waals surface area contributed by atoms with Gasteiger partial charge in [-0.3, -0.25) is 9.69 Å². The van der Waals surface area contributed by atoms with Gasteiger partial charge in [0.15, 0.2) is 5.76 Å². The van der Waals surface area contributed by atoms with Gasteiger partial charge in [-0.15, -0.1) is 0 Å². The van der Waals surface area contributed by atoms with Crippen LogP contribution in [-0.2, 0) is 9.84 Å². The second kappa shape index (κ2) is 9.11. The molecular weight excluding hydrogens is 392 g/mol. The summed E-state index contributed by atoms with van der Waals surface area (Å²) in [6, 6.07) is 14.2. The number of furan rings is 2. The molecule has 0 fully saturated rings. The maximum absolute atomic E-state index is 12.6. The lowest BCUT2D eigenvalue weighted by molar-refractivity contribution is 0.0897. The molecule has 2 heterocycles. The van der Waals surface area contributed by atoms with Crippen LogP contribution < -0.4 is 5.32 Å². The minimum absolute atomic E-state index is 0.0581. The van der Waals surface area contributed by atoms with Gasteiger partial charge in [0.05, 0.1) is 17.2 Å². The first kappa shape index (κ1) is 20.9. The Bertz CT molecular complexity index is 1020. The average Bonchev–Trinajstić information content (AvgIpc) is 3.44. The number of sulfone groups is 1. The highest BCUT2D eigenvalue weighted by Crippen LogP contribution is 2.23. The third-order valence-electron chi connectivity index (χ3n) is 4.70. The number of rotatable bonds is 9. The summed E-state index contributed by atoms with van der Waals surface area (Å²) < 4.78 is 36.1. The summed E-state index contributed by atoms with van der Waals surface area (Å²) in [6.07, 6.45) is 1.60. The number of hydrogen-bond acceptors (Lipinski definition) is 6. The molecule has 0 aliphatic rings. The summed E-state index contributed by atoms with van der Waals surface area (Å²) in [7, 11) is -3.81. The highest BCUT2D eigenvalue weighted by Gasteiger charge is 2.25. The molecule has 0 aliphatic heterocycles. The zero-order valence-corrected chi connectivity index (χ0v) is 17.2. The molecule has 0 spiro atoms. The molecule has 1 N–H and O–H groups in total. The van der Waals surface area contributed by atoms with Crippen LogP contribution in [0.2, 0.25) is 0 Å². The molecule has 0 saturated carbocycles. The maximum Gasteiger partial charge on any atom is 0.287 e. The van der Waals surface area contributed by atoms with E-state index in [1.807, 2.05) is 19.9 Å². The maximum atomic E-state index is 12.6. The van der Waals surface area contributed by atoms with Crippen LogP contribution in [0.5, 0.6) is 0 Å². The van der Waals surface area contributed by atoms with Crippen molar-refractivity contribution in [3.8, 4) is 0 Å². The number of nitrogens with zero attached hydrogens (tertiary/aromatic N) is 1. The van der Waals surface area contributed by atoms with E-state index in [4.69, 9.17) is 8.83 Å². The number of carbonyl (C=O) groups is 1. The van der Waals surface area contributed by atoms with Crippen molar-refractivity contribution in [2.24, 2.45) is 0 Å². The lowest BCUT2D eigenvalue weighted by Gasteiger charge is -2.28. The zero-order valence-electron chi connectivity index (χ0n) is 16.4. The normalized spacial score (nSPS) is 12.8. The minimum atomic E-state index is -3.81. The van der Waals surface area contributed by atoms with Crippen LogP contribution in [0.15, 0.2) is 79.7 Å². The molecule has 1 amide bonds. The monoisotopic (exact) mass is 416 g/mol. The van der Waals surface area contributed by atoms with Gasteiger partial charge in [-0.05, 0) is 49.5 Å². The van der Waals surface area contributed by atoms with Crippen molar-refractivity contribution in [1.29, 1.82) is 0 Å². The van der Waals surface area contributed by atoms with Gasteiger partial charge in [0, 0.05) is 6.54 Å². The van der Waals surface area contributed by atoms with Crippen LogP contribution >= 0.6 is 0 Å². The largest absolute Gasteiger partial charge is 0.468 e. The predicted octanol–water partition coefficient (Wildman–Crippen LogP) is 3.52. The third-order valence-corrected chi connectivity index (χ3v) is 6.35. The molecule has 3 rings (SSSR count). The van der Waals surface area contributed by atoms with E-state index in [9.17, 15) is 13.2 Å². The Morgan fingerprint density at radius 2 is 1.76 bits per heavy atom. The van der Waals surface area contributed by atoms with Crippen LogP contribution in [0.4, 0.5) is 0 Å². The van der Waals surface area contributed by atoms with E-state index >= 15 is 0 Å². The first-order chi connectivity index (χ1) is 14.0. The number of hydrogen-bond donors (Lipinski definition) is 1. The van der Waals surface area contributed by atoms with Crippen LogP contribution in [0, 0.1) is 0 Å². The number of carbonyl (C=O) groups excluding carboxylic acids is 1. The summed E-state index contributed by atoms with van der Waals surface area (Å²) in [5.74, 6) is 0.210. The highest BCUT2D eigenvalue weighted by molar-refractivity contribution is 7.91. The molecule has 0 radical (unpaired) electrons. The fraction of sp³-hybridized carbons (Fsp3) is 0.286. The first-order valence-corrected chi connectivity index (χ1v) is 10.9. The first-order valence-electron chi connectivity index (χ1n) is 9.43. The summed E-state index contributed by atoms with van der Waals surface area (Å²) in [4.78, 5) is 14.8. The van der Waals surface area contributed by atoms with E-state index in [1.54, 1.807) is 30.5 Å². The molecule has 1 atom stereocenters. The Kier molecular flexibility index (Phi) is 6.56. The van der Waals surface area contributed by atoms with Crippen molar-refractivity contribution in [1.82, 2.24) is 10.2 Å². The molecule has 8 heteroatoms. The second-order valence-corrected chi connectivity index (χ2v) is 8.28. The van der Waals surface area contributed by atoms with Crippen molar-refractivity contribution >= 4 is 15.7 Å². The second-order valence-electron chi connectivity index (χ2n) is 6.40. The molecule has 7 nitrogen and oxygen atoms in total. The predicted molar refractivity (Wildman–Crippen MR) is 107 cm³/mol. The summed E-state index contributed by atoms with van der Waals surface area (Å²) in [5, 5.41) is 2.55. The third kappa shape index (κ3) is 4.60. The fourth-order valence-corrected chi connectivity index (χ4v) is 4.33. The summed E-state index contributed by atoms with van der Waals surface area (Å²) in [5.41, 5.74) is 0. The van der Waals surface area contributed by atoms with E-state index in [1.165, 1.54) is 24.3 Å². The molecule has 0 aliphatic carbocycles. The zero-order chi connectivity index (χ0) is 20.9. The number of likely N-dealkylation sites (N-methyl/N-ethyl adjacent to an activating group) is 1. The summed E-state index contributed by atoms with van der Waals surface area (Å²) in [6.45, 7) is 5.95. The highest BCUT2D eigenvalue weighted by atomic mass is 32.2. The topological polar surface area (TPSA) is 92.8 Å². The van der Waals surface area contributed by atoms with E-state index in [2.05, 4.69) is 10.2 Å². The van der Waals surface area contributed by atoms with Crippen molar-refractivity contribution in [3.63, 3.8) is 0 Å². The Morgan fingerprint density at radius 3 is 2.38 bits per heavy atom. The SMILES string of the molecule is CCN(CC)C(CNC(=O)c1ccc(S(=O)(=O)c2ccccc2)o1)c1ccco1. The number of benzene rings is 1. The quantitative estimate of drug-likeness (QED) is 0.574.